The second-order valence-corrected chi connectivity index (χ2v) is 4.89. The maximum Gasteiger partial charge on any atom is 0.234 e. The van der Waals surface area contributed by atoms with E-state index in [-0.39, 0.29) is 5.43 Å². The van der Waals surface area contributed by atoms with E-state index >= 15 is 0 Å². The van der Waals surface area contributed by atoms with E-state index in [0.29, 0.717) is 16.8 Å². The molecule has 0 bridgehead atoms. The Balaban J connectivity index is 2.25. The van der Waals surface area contributed by atoms with Crippen molar-refractivity contribution in [2.45, 2.75) is 13.5 Å². The highest BCUT2D eigenvalue weighted by Gasteiger charge is 2.04. The molecule has 0 spiro atoms. The second kappa shape index (κ2) is 5.83. The van der Waals surface area contributed by atoms with E-state index in [2.05, 4.69) is 15.9 Å². The van der Waals surface area contributed by atoms with E-state index in [9.17, 15) is 4.79 Å². The van der Waals surface area contributed by atoms with E-state index in [1.807, 2.05) is 43.3 Å². The lowest BCUT2D eigenvalue weighted by Crippen LogP contribution is -2.06. The van der Waals surface area contributed by atoms with Crippen LogP contribution in [-0.4, -0.2) is 0 Å². The zero-order chi connectivity index (χ0) is 13.0. The maximum atomic E-state index is 12.0. The SMILES string of the molecule is Cc1ccc(Br)c(=O)c(OCc2ccccc2)c1. The normalized spacial score (nSPS) is 10.1. The highest BCUT2D eigenvalue weighted by Crippen LogP contribution is 2.13. The van der Waals surface area contributed by atoms with Crippen molar-refractivity contribution >= 4 is 15.9 Å². The van der Waals surface area contributed by atoms with E-state index in [1.165, 1.54) is 0 Å². The minimum Gasteiger partial charge on any atom is -0.485 e. The first-order chi connectivity index (χ1) is 8.66. The lowest BCUT2D eigenvalue weighted by Gasteiger charge is -2.04. The Hall–Kier alpha value is -1.61. The molecule has 0 radical (unpaired) electrons. The molecule has 0 saturated carbocycles. The van der Waals surface area contributed by atoms with E-state index in [1.54, 1.807) is 12.1 Å². The lowest BCUT2D eigenvalue weighted by atomic mass is 10.2. The van der Waals surface area contributed by atoms with Gasteiger partial charge in [0.15, 0.2) is 5.75 Å². The van der Waals surface area contributed by atoms with Crippen LogP contribution in [-0.2, 0) is 6.61 Å². The molecule has 0 N–H and O–H groups in total. The summed E-state index contributed by atoms with van der Waals surface area (Å²) in [5.74, 6) is 0.369. The number of benzene rings is 1. The van der Waals surface area contributed by atoms with Gasteiger partial charge in [0.2, 0.25) is 5.43 Å². The standard InChI is InChI=1S/C15H13BrO2/c1-11-7-8-13(16)15(17)14(9-11)18-10-12-5-3-2-4-6-12/h2-9H,10H2,1H3. The molecule has 2 nitrogen and oxygen atoms in total. The predicted octanol–water partition coefficient (Wildman–Crippen LogP) is 3.70. The highest BCUT2D eigenvalue weighted by atomic mass is 79.9. The summed E-state index contributed by atoms with van der Waals surface area (Å²) < 4.78 is 6.11. The number of hydrogen-bond donors (Lipinski definition) is 0. The van der Waals surface area contributed by atoms with Gasteiger partial charge in [-0.3, -0.25) is 4.79 Å². The predicted molar refractivity (Wildman–Crippen MR) is 75.9 cm³/mol. The van der Waals surface area contributed by atoms with Gasteiger partial charge in [0, 0.05) is 0 Å². The van der Waals surface area contributed by atoms with Crippen molar-refractivity contribution < 1.29 is 4.74 Å². The van der Waals surface area contributed by atoms with Crippen LogP contribution in [0.5, 0.6) is 5.75 Å². The van der Waals surface area contributed by atoms with Gasteiger partial charge >= 0.3 is 0 Å². The topological polar surface area (TPSA) is 26.3 Å². The summed E-state index contributed by atoms with van der Waals surface area (Å²) in [5, 5.41) is 0. The molecule has 0 aliphatic heterocycles. The minimum atomic E-state index is -0.126. The first kappa shape index (κ1) is 12.8. The Bertz CT molecular complexity index is 594. The Labute approximate surface area is 114 Å². The molecule has 18 heavy (non-hydrogen) atoms. The molecule has 0 aliphatic rings. The zero-order valence-electron chi connectivity index (χ0n) is 10.0. The van der Waals surface area contributed by atoms with Crippen molar-refractivity contribution in [2.24, 2.45) is 0 Å². The first-order valence-corrected chi connectivity index (χ1v) is 6.43. The second-order valence-electron chi connectivity index (χ2n) is 4.04. The van der Waals surface area contributed by atoms with Crippen LogP contribution in [0.15, 0.2) is 57.8 Å². The fourth-order valence-corrected chi connectivity index (χ4v) is 1.89. The van der Waals surface area contributed by atoms with E-state index < -0.39 is 0 Å². The van der Waals surface area contributed by atoms with Crippen molar-refractivity contribution in [2.75, 3.05) is 0 Å². The van der Waals surface area contributed by atoms with Crippen LogP contribution in [0.4, 0.5) is 0 Å². The largest absolute Gasteiger partial charge is 0.485 e. The van der Waals surface area contributed by atoms with Crippen LogP contribution in [0.1, 0.15) is 11.1 Å². The van der Waals surface area contributed by atoms with Crippen molar-refractivity contribution in [3.05, 3.63) is 74.4 Å². The number of rotatable bonds is 3. The molecule has 0 saturated heterocycles. The fraction of sp³-hybridized carbons (Fsp3) is 0.133. The molecular weight excluding hydrogens is 292 g/mol. The molecule has 3 heteroatoms. The van der Waals surface area contributed by atoms with Crippen molar-refractivity contribution in [3.8, 4) is 5.75 Å². The summed E-state index contributed by atoms with van der Waals surface area (Å²) >= 11 is 3.24. The summed E-state index contributed by atoms with van der Waals surface area (Å²) in [4.78, 5) is 12.0. The van der Waals surface area contributed by atoms with Gasteiger partial charge < -0.3 is 4.74 Å². The summed E-state index contributed by atoms with van der Waals surface area (Å²) in [6.07, 6.45) is 0. The first-order valence-electron chi connectivity index (χ1n) is 5.64. The van der Waals surface area contributed by atoms with Gasteiger partial charge in [-0.15, -0.1) is 0 Å². The molecule has 0 fully saturated rings. The molecular formula is C15H13BrO2. The van der Waals surface area contributed by atoms with Crippen molar-refractivity contribution in [1.82, 2.24) is 0 Å². The summed E-state index contributed by atoms with van der Waals surface area (Å²) in [6, 6.07) is 15.2. The van der Waals surface area contributed by atoms with Crippen molar-refractivity contribution in [3.63, 3.8) is 0 Å². The molecule has 2 rings (SSSR count). The summed E-state index contributed by atoms with van der Waals surface area (Å²) in [6.45, 7) is 2.33. The summed E-state index contributed by atoms with van der Waals surface area (Å²) in [5.41, 5.74) is 1.90. The number of hydrogen-bond acceptors (Lipinski definition) is 2. The van der Waals surface area contributed by atoms with Gasteiger partial charge in [0.25, 0.3) is 0 Å². The molecule has 0 aliphatic carbocycles. The van der Waals surface area contributed by atoms with Crippen LogP contribution in [0.25, 0.3) is 0 Å². The fourth-order valence-electron chi connectivity index (χ4n) is 1.56. The third-order valence-electron chi connectivity index (χ3n) is 2.53. The van der Waals surface area contributed by atoms with Crippen LogP contribution in [0.3, 0.4) is 0 Å². The van der Waals surface area contributed by atoms with Gasteiger partial charge in [-0.2, -0.15) is 0 Å². The molecule has 0 amide bonds. The van der Waals surface area contributed by atoms with E-state index in [4.69, 9.17) is 4.74 Å². The van der Waals surface area contributed by atoms with Gasteiger partial charge in [-0.1, -0.05) is 36.4 Å². The molecule has 0 heterocycles. The van der Waals surface area contributed by atoms with E-state index in [0.717, 1.165) is 11.1 Å². The van der Waals surface area contributed by atoms with Gasteiger partial charge in [-0.25, -0.2) is 0 Å². The molecule has 0 unspecified atom stereocenters. The molecule has 2 aromatic rings. The number of halogens is 1. The molecule has 0 atom stereocenters. The Morgan fingerprint density at radius 1 is 1.11 bits per heavy atom. The Kier molecular flexibility index (Phi) is 4.15. The highest BCUT2D eigenvalue weighted by molar-refractivity contribution is 9.10. The average Bonchev–Trinajstić information content (AvgIpc) is 2.51. The maximum absolute atomic E-state index is 12.0. The lowest BCUT2D eigenvalue weighted by molar-refractivity contribution is 0.303. The Morgan fingerprint density at radius 2 is 1.83 bits per heavy atom. The van der Waals surface area contributed by atoms with Crippen LogP contribution < -0.4 is 10.2 Å². The molecule has 0 aromatic heterocycles. The van der Waals surface area contributed by atoms with Gasteiger partial charge in [-0.05, 0) is 46.1 Å². The van der Waals surface area contributed by atoms with Crippen LogP contribution in [0.2, 0.25) is 0 Å². The molecule has 2 aromatic carbocycles. The van der Waals surface area contributed by atoms with Crippen molar-refractivity contribution in [1.29, 1.82) is 0 Å². The summed E-state index contributed by atoms with van der Waals surface area (Å²) in [7, 11) is 0. The third kappa shape index (κ3) is 3.20. The van der Waals surface area contributed by atoms with Crippen LogP contribution >= 0.6 is 15.9 Å². The van der Waals surface area contributed by atoms with Gasteiger partial charge in [0.1, 0.15) is 6.61 Å². The number of aryl methyl sites for hydroxylation is 1. The average molecular weight is 305 g/mol. The minimum absolute atomic E-state index is 0.126. The molecule has 92 valence electrons. The Morgan fingerprint density at radius 3 is 2.56 bits per heavy atom. The van der Waals surface area contributed by atoms with Crippen LogP contribution in [0, 0.1) is 6.92 Å². The quantitative estimate of drug-likeness (QED) is 0.864. The smallest absolute Gasteiger partial charge is 0.234 e. The zero-order valence-corrected chi connectivity index (χ0v) is 11.6. The monoisotopic (exact) mass is 304 g/mol. The third-order valence-corrected chi connectivity index (χ3v) is 3.15. The number of ether oxygens (including phenoxy) is 1. The van der Waals surface area contributed by atoms with Gasteiger partial charge in [0.05, 0.1) is 4.47 Å².